The van der Waals surface area contributed by atoms with Crippen LogP contribution in [-0.2, 0) is 0 Å². The molecule has 0 radical (unpaired) electrons. The second-order valence-corrected chi connectivity index (χ2v) is 8.98. The lowest BCUT2D eigenvalue weighted by molar-refractivity contribution is 0.399. The molecular formula is C30H20O12. The van der Waals surface area contributed by atoms with E-state index in [4.69, 9.17) is 8.83 Å². The fraction of sp³-hybridized carbons (Fsp3) is 0. The Morgan fingerprint density at radius 3 is 1.12 bits per heavy atom. The number of hydrogen-bond acceptors (Lipinski definition) is 12. The minimum absolute atomic E-state index is 0.0868. The summed E-state index contributed by atoms with van der Waals surface area (Å²) in [6, 6.07) is 15.3. The van der Waals surface area contributed by atoms with Crippen LogP contribution in [-0.4, -0.2) is 40.9 Å². The molecule has 6 aromatic rings. The van der Waals surface area contributed by atoms with Gasteiger partial charge in [-0.25, -0.2) is 0 Å². The first kappa shape index (κ1) is 27.3. The van der Waals surface area contributed by atoms with Crippen LogP contribution < -0.4 is 10.9 Å². The number of aromatic hydroxyl groups is 8. The van der Waals surface area contributed by atoms with Gasteiger partial charge in [0.25, 0.3) is 0 Å². The third-order valence-electron chi connectivity index (χ3n) is 6.22. The molecule has 212 valence electrons. The Labute approximate surface area is 233 Å². The quantitative estimate of drug-likeness (QED) is 0.134. The fourth-order valence-corrected chi connectivity index (χ4v) is 4.03. The number of fused-ring (bicyclic) bond motifs is 2. The molecule has 2 heterocycles. The van der Waals surface area contributed by atoms with Gasteiger partial charge in [0.05, 0.1) is 10.8 Å². The largest absolute Gasteiger partial charge is 0.504 e. The summed E-state index contributed by atoms with van der Waals surface area (Å²) in [6.07, 6.45) is 0. The zero-order valence-corrected chi connectivity index (χ0v) is 21.1. The van der Waals surface area contributed by atoms with Gasteiger partial charge in [0, 0.05) is 23.3 Å². The van der Waals surface area contributed by atoms with E-state index in [9.17, 15) is 50.4 Å². The normalized spacial score (nSPS) is 10.9. The molecule has 0 saturated heterocycles. The second kappa shape index (κ2) is 10.4. The molecule has 0 aliphatic rings. The summed E-state index contributed by atoms with van der Waals surface area (Å²) in [5.41, 5.74) is -0.433. The van der Waals surface area contributed by atoms with Crippen LogP contribution in [0.25, 0.3) is 44.6 Å². The molecule has 42 heavy (non-hydrogen) atoms. The van der Waals surface area contributed by atoms with E-state index in [-0.39, 0.29) is 56.5 Å². The van der Waals surface area contributed by atoms with Crippen molar-refractivity contribution in [3.05, 3.63) is 93.2 Å². The first-order chi connectivity index (χ1) is 19.9. The zero-order valence-electron chi connectivity index (χ0n) is 21.1. The van der Waals surface area contributed by atoms with Crippen LogP contribution in [0.2, 0.25) is 0 Å². The molecule has 0 aliphatic carbocycles. The van der Waals surface area contributed by atoms with Gasteiger partial charge in [0.2, 0.25) is 11.5 Å². The molecule has 12 heteroatoms. The number of phenols is 8. The van der Waals surface area contributed by atoms with Gasteiger partial charge in [-0.1, -0.05) is 0 Å². The molecule has 0 atom stereocenters. The average molecular weight is 572 g/mol. The highest BCUT2D eigenvalue weighted by molar-refractivity contribution is 5.87. The van der Waals surface area contributed by atoms with Crippen LogP contribution in [0.15, 0.2) is 91.2 Å². The minimum atomic E-state index is -0.533. The summed E-state index contributed by atoms with van der Waals surface area (Å²) in [6.45, 7) is 0. The first-order valence-corrected chi connectivity index (χ1v) is 12.0. The Balaban J connectivity index is 0.000000168. The molecule has 0 aliphatic heterocycles. The van der Waals surface area contributed by atoms with Gasteiger partial charge in [0.1, 0.15) is 11.5 Å². The van der Waals surface area contributed by atoms with Crippen LogP contribution in [0, 0.1) is 0 Å². The highest BCUT2D eigenvalue weighted by atomic mass is 16.4. The Morgan fingerprint density at radius 2 is 0.762 bits per heavy atom. The van der Waals surface area contributed by atoms with Gasteiger partial charge in [-0.2, -0.15) is 0 Å². The summed E-state index contributed by atoms with van der Waals surface area (Å²) in [5, 5.41) is 76.3. The van der Waals surface area contributed by atoms with Crippen molar-refractivity contribution < 1.29 is 49.7 Å². The number of benzene rings is 4. The van der Waals surface area contributed by atoms with Gasteiger partial charge in [0.15, 0.2) is 56.5 Å². The molecule has 0 amide bonds. The molecule has 0 unspecified atom stereocenters. The molecule has 6 rings (SSSR count). The third-order valence-corrected chi connectivity index (χ3v) is 6.22. The molecular weight excluding hydrogens is 552 g/mol. The third kappa shape index (κ3) is 4.91. The van der Waals surface area contributed by atoms with E-state index in [1.165, 1.54) is 72.8 Å². The van der Waals surface area contributed by atoms with Crippen molar-refractivity contribution in [2.75, 3.05) is 0 Å². The van der Waals surface area contributed by atoms with Crippen molar-refractivity contribution in [3.63, 3.8) is 0 Å². The van der Waals surface area contributed by atoms with E-state index < -0.39 is 33.9 Å². The lowest BCUT2D eigenvalue weighted by Crippen LogP contribution is -2.00. The summed E-state index contributed by atoms with van der Waals surface area (Å²) in [4.78, 5) is 24.0. The smallest absolute Gasteiger partial charge is 0.201 e. The standard InChI is InChI=1S/2C15H10O6/c2*16-9-3-1-7(5-12(9)19)13-6-11(18)8-2-4-10(17)14(20)15(8)21-13/h2*1-6,16-17,19-20H. The summed E-state index contributed by atoms with van der Waals surface area (Å²) >= 11 is 0. The van der Waals surface area contributed by atoms with E-state index in [1.807, 2.05) is 0 Å². The van der Waals surface area contributed by atoms with Crippen LogP contribution in [0.3, 0.4) is 0 Å². The first-order valence-electron chi connectivity index (χ1n) is 12.0. The van der Waals surface area contributed by atoms with Gasteiger partial charge in [-0.05, 0) is 60.7 Å². The van der Waals surface area contributed by atoms with Crippen LogP contribution in [0.4, 0.5) is 0 Å². The van der Waals surface area contributed by atoms with Gasteiger partial charge in [-0.15, -0.1) is 0 Å². The van der Waals surface area contributed by atoms with Crippen LogP contribution >= 0.6 is 0 Å². The average Bonchev–Trinajstić information content (AvgIpc) is 2.96. The lowest BCUT2D eigenvalue weighted by Gasteiger charge is -2.06. The highest BCUT2D eigenvalue weighted by Crippen LogP contribution is 2.37. The topological polar surface area (TPSA) is 222 Å². The summed E-state index contributed by atoms with van der Waals surface area (Å²) < 4.78 is 10.9. The van der Waals surface area contributed by atoms with Crippen molar-refractivity contribution in [1.29, 1.82) is 0 Å². The number of rotatable bonds is 2. The monoisotopic (exact) mass is 572 g/mol. The number of hydrogen-bond donors (Lipinski definition) is 8. The molecule has 12 nitrogen and oxygen atoms in total. The highest BCUT2D eigenvalue weighted by Gasteiger charge is 2.15. The Morgan fingerprint density at radius 1 is 0.405 bits per heavy atom. The summed E-state index contributed by atoms with van der Waals surface area (Å²) in [5.74, 6) is -3.04. The van der Waals surface area contributed by atoms with E-state index in [1.54, 1.807) is 0 Å². The maximum atomic E-state index is 12.0. The van der Waals surface area contributed by atoms with Crippen molar-refractivity contribution in [1.82, 2.24) is 0 Å². The molecule has 0 saturated carbocycles. The van der Waals surface area contributed by atoms with Crippen molar-refractivity contribution in [3.8, 4) is 68.6 Å². The molecule has 0 spiro atoms. The molecule has 4 aromatic carbocycles. The van der Waals surface area contributed by atoms with Crippen LogP contribution in [0.1, 0.15) is 0 Å². The van der Waals surface area contributed by atoms with Crippen molar-refractivity contribution in [2.45, 2.75) is 0 Å². The maximum Gasteiger partial charge on any atom is 0.201 e. The molecule has 2 aromatic heterocycles. The number of phenolic OH excluding ortho intramolecular Hbond substituents is 8. The minimum Gasteiger partial charge on any atom is -0.504 e. The molecule has 0 fully saturated rings. The molecule has 8 N–H and O–H groups in total. The predicted octanol–water partition coefficient (Wildman–Crippen LogP) is 4.56. The Hall–Kier alpha value is -6.30. The van der Waals surface area contributed by atoms with Gasteiger partial charge < -0.3 is 49.7 Å². The lowest BCUT2D eigenvalue weighted by atomic mass is 10.1. The van der Waals surface area contributed by atoms with E-state index in [2.05, 4.69) is 0 Å². The fourth-order valence-electron chi connectivity index (χ4n) is 4.03. The van der Waals surface area contributed by atoms with Gasteiger partial charge >= 0.3 is 0 Å². The van der Waals surface area contributed by atoms with E-state index >= 15 is 0 Å². The van der Waals surface area contributed by atoms with Crippen molar-refractivity contribution >= 4 is 21.9 Å². The predicted molar refractivity (Wildman–Crippen MR) is 149 cm³/mol. The Kier molecular flexibility index (Phi) is 6.72. The van der Waals surface area contributed by atoms with Gasteiger partial charge in [-0.3, -0.25) is 9.59 Å². The van der Waals surface area contributed by atoms with Crippen molar-refractivity contribution in [2.24, 2.45) is 0 Å². The Bertz CT molecular complexity index is 1970. The molecule has 0 bridgehead atoms. The summed E-state index contributed by atoms with van der Waals surface area (Å²) in [7, 11) is 0. The SMILES string of the molecule is O=c1cc(-c2ccc(O)c(O)c2)oc2c(O)c(O)ccc12.O=c1cc(-c2ccc(O)c(O)c2)oc2c(O)c(O)ccc12. The second-order valence-electron chi connectivity index (χ2n) is 8.98. The maximum absolute atomic E-state index is 12.0. The van der Waals surface area contributed by atoms with E-state index in [0.29, 0.717) is 11.1 Å². The zero-order chi connectivity index (χ0) is 30.3. The van der Waals surface area contributed by atoms with Crippen LogP contribution in [0.5, 0.6) is 46.0 Å². The van der Waals surface area contributed by atoms with E-state index in [0.717, 1.165) is 0 Å².